The summed E-state index contributed by atoms with van der Waals surface area (Å²) >= 11 is 0. The summed E-state index contributed by atoms with van der Waals surface area (Å²) in [4.78, 5) is 11.0. The molecule has 2 atom stereocenters. The molecule has 0 aliphatic heterocycles. The number of aromatic hydroxyl groups is 2. The van der Waals surface area contributed by atoms with E-state index in [-0.39, 0.29) is 11.5 Å². The number of carbonyl (C=O) groups is 1. The molecule has 0 bridgehead atoms. The molecule has 0 aromatic heterocycles. The minimum absolute atomic E-state index is 0.245. The maximum atomic E-state index is 11.0. The average Bonchev–Trinajstić information content (AvgIpc) is 2.20. The van der Waals surface area contributed by atoms with Crippen LogP contribution in [0.2, 0.25) is 0 Å². The minimum atomic E-state index is -1.43. The molecule has 1 aromatic carbocycles. The first-order valence-corrected chi connectivity index (χ1v) is 4.81. The van der Waals surface area contributed by atoms with Crippen LogP contribution in [0, 0.1) is 0 Å². The summed E-state index contributed by atoms with van der Waals surface area (Å²) in [5, 5.41) is 27.4. The molecule has 0 aliphatic rings. The van der Waals surface area contributed by atoms with Crippen LogP contribution in [-0.2, 0) is 4.79 Å². The van der Waals surface area contributed by atoms with Gasteiger partial charge in [0, 0.05) is 0 Å². The zero-order valence-corrected chi connectivity index (χ0v) is 9.14. The van der Waals surface area contributed by atoms with Crippen molar-refractivity contribution in [3.8, 4) is 11.5 Å². The lowest BCUT2D eigenvalue weighted by Gasteiger charge is -2.27. The normalized spacial score (nSPS) is 16.3. The Morgan fingerprint density at radius 2 is 1.94 bits per heavy atom. The third kappa shape index (κ3) is 2.14. The molecule has 0 saturated heterocycles. The van der Waals surface area contributed by atoms with Gasteiger partial charge in [-0.15, -0.1) is 0 Å². The molecular formula is C9H13B2NO4. The Labute approximate surface area is 94.7 Å². The summed E-state index contributed by atoms with van der Waals surface area (Å²) < 4.78 is 0. The number of benzene rings is 1. The van der Waals surface area contributed by atoms with Crippen LogP contribution in [-0.4, -0.2) is 42.4 Å². The van der Waals surface area contributed by atoms with Gasteiger partial charge in [-0.05, 0) is 23.5 Å². The SMILES string of the molecule is B[C@@H](c1ccc(O)c(O)c1)[C@@](B)(N)C(=O)O. The fourth-order valence-electron chi connectivity index (χ4n) is 1.34. The van der Waals surface area contributed by atoms with Crippen LogP contribution in [0.3, 0.4) is 0 Å². The van der Waals surface area contributed by atoms with Crippen LogP contribution < -0.4 is 5.73 Å². The number of hydrogen-bond acceptors (Lipinski definition) is 4. The highest BCUT2D eigenvalue weighted by atomic mass is 16.4. The van der Waals surface area contributed by atoms with Crippen molar-refractivity contribution in [1.29, 1.82) is 0 Å². The van der Waals surface area contributed by atoms with Gasteiger partial charge in [0.2, 0.25) is 0 Å². The van der Waals surface area contributed by atoms with Crippen molar-refractivity contribution in [2.45, 2.75) is 11.3 Å². The zero-order valence-electron chi connectivity index (χ0n) is 9.14. The zero-order chi connectivity index (χ0) is 12.5. The van der Waals surface area contributed by atoms with Gasteiger partial charge < -0.3 is 21.1 Å². The highest BCUT2D eigenvalue weighted by Crippen LogP contribution is 2.30. The molecule has 0 aliphatic carbocycles. The first kappa shape index (κ1) is 12.4. The molecule has 0 amide bonds. The van der Waals surface area contributed by atoms with Crippen molar-refractivity contribution < 1.29 is 20.1 Å². The van der Waals surface area contributed by atoms with Crippen molar-refractivity contribution in [2.24, 2.45) is 5.73 Å². The van der Waals surface area contributed by atoms with Gasteiger partial charge in [-0.3, -0.25) is 4.79 Å². The van der Waals surface area contributed by atoms with Gasteiger partial charge in [0.15, 0.2) is 11.5 Å². The number of carboxylic acids is 1. The molecule has 1 aromatic rings. The standard InChI is InChI=1S/C9H13B2NO4/c10-7(9(11,12)8(15)16)4-1-2-5(13)6(14)3-4/h1-3,7,13-14H,10-12H2,(H,15,16)/t7-,9+/m0/s1. The van der Waals surface area contributed by atoms with Gasteiger partial charge in [0.05, 0.1) is 5.44 Å². The Morgan fingerprint density at radius 1 is 1.38 bits per heavy atom. The molecule has 16 heavy (non-hydrogen) atoms. The Bertz CT molecular complexity index is 422. The third-order valence-corrected chi connectivity index (χ3v) is 2.86. The predicted molar refractivity (Wildman–Crippen MR) is 64.2 cm³/mol. The quantitative estimate of drug-likeness (QED) is 0.354. The number of phenols is 2. The first-order chi connectivity index (χ1) is 7.26. The molecule has 5 nitrogen and oxygen atoms in total. The van der Waals surface area contributed by atoms with Crippen LogP contribution in [0.15, 0.2) is 18.2 Å². The van der Waals surface area contributed by atoms with Crippen LogP contribution in [0.1, 0.15) is 11.4 Å². The number of nitrogens with two attached hydrogens (primary N) is 1. The average molecular weight is 221 g/mol. The van der Waals surface area contributed by atoms with Crippen LogP contribution >= 0.6 is 0 Å². The molecule has 5 N–H and O–H groups in total. The van der Waals surface area contributed by atoms with Gasteiger partial charge in [0.1, 0.15) is 15.7 Å². The second kappa shape index (κ2) is 4.09. The van der Waals surface area contributed by atoms with E-state index in [4.69, 9.17) is 15.9 Å². The monoisotopic (exact) mass is 221 g/mol. The molecule has 0 fully saturated rings. The lowest BCUT2D eigenvalue weighted by molar-refractivity contribution is -0.140. The maximum absolute atomic E-state index is 11.0. The Kier molecular flexibility index (Phi) is 3.19. The topological polar surface area (TPSA) is 104 Å². The summed E-state index contributed by atoms with van der Waals surface area (Å²) in [6.07, 6.45) is 0. The second-order valence-corrected chi connectivity index (χ2v) is 4.06. The molecule has 1 rings (SSSR count). The predicted octanol–water partition coefficient (Wildman–Crippen LogP) is -1.86. The van der Waals surface area contributed by atoms with E-state index in [1.54, 1.807) is 7.85 Å². The van der Waals surface area contributed by atoms with E-state index in [2.05, 4.69) is 0 Å². The highest BCUT2D eigenvalue weighted by molar-refractivity contribution is 6.33. The molecule has 0 heterocycles. The van der Waals surface area contributed by atoms with E-state index >= 15 is 0 Å². The van der Waals surface area contributed by atoms with Gasteiger partial charge in [-0.1, -0.05) is 6.07 Å². The Morgan fingerprint density at radius 3 is 2.38 bits per heavy atom. The van der Waals surface area contributed by atoms with Crippen LogP contribution in [0.25, 0.3) is 0 Å². The highest BCUT2D eigenvalue weighted by Gasteiger charge is 2.35. The molecule has 7 heteroatoms. The number of aliphatic carboxylic acids is 1. The number of hydrogen-bond donors (Lipinski definition) is 4. The molecule has 0 saturated carbocycles. The molecule has 0 radical (unpaired) electrons. The van der Waals surface area contributed by atoms with Gasteiger partial charge in [-0.2, -0.15) is 0 Å². The lowest BCUT2D eigenvalue weighted by Crippen LogP contribution is -2.53. The molecule has 84 valence electrons. The van der Waals surface area contributed by atoms with Crippen molar-refractivity contribution in [3.05, 3.63) is 23.8 Å². The van der Waals surface area contributed by atoms with Crippen molar-refractivity contribution >= 4 is 21.7 Å². The third-order valence-electron chi connectivity index (χ3n) is 2.86. The van der Waals surface area contributed by atoms with Crippen molar-refractivity contribution in [3.63, 3.8) is 0 Å². The van der Waals surface area contributed by atoms with E-state index < -0.39 is 17.2 Å². The summed E-state index contributed by atoms with van der Waals surface area (Å²) in [5.41, 5.74) is 4.81. The van der Waals surface area contributed by atoms with Gasteiger partial charge >= 0.3 is 5.97 Å². The first-order valence-electron chi connectivity index (χ1n) is 4.81. The lowest BCUT2D eigenvalue weighted by atomic mass is 9.58. The largest absolute Gasteiger partial charge is 0.504 e. The fraction of sp³-hybridized carbons (Fsp3) is 0.222. The summed E-state index contributed by atoms with van der Waals surface area (Å²) in [5.74, 6) is -2.14. The Hall–Kier alpha value is -1.62. The summed E-state index contributed by atoms with van der Waals surface area (Å²) in [7, 11) is 3.06. The van der Waals surface area contributed by atoms with Gasteiger partial charge in [0.25, 0.3) is 0 Å². The van der Waals surface area contributed by atoms with E-state index in [0.29, 0.717) is 5.56 Å². The van der Waals surface area contributed by atoms with Crippen molar-refractivity contribution in [1.82, 2.24) is 0 Å². The molecule has 0 spiro atoms. The smallest absolute Gasteiger partial charge is 0.314 e. The van der Waals surface area contributed by atoms with E-state index in [0.717, 1.165) is 0 Å². The molecule has 0 unspecified atom stereocenters. The second-order valence-electron chi connectivity index (χ2n) is 4.06. The van der Waals surface area contributed by atoms with E-state index in [9.17, 15) is 9.90 Å². The molecular weight excluding hydrogens is 208 g/mol. The fourth-order valence-corrected chi connectivity index (χ4v) is 1.34. The van der Waals surface area contributed by atoms with E-state index in [1.807, 2.05) is 0 Å². The van der Waals surface area contributed by atoms with Crippen LogP contribution in [0.5, 0.6) is 11.5 Å². The minimum Gasteiger partial charge on any atom is -0.504 e. The maximum Gasteiger partial charge on any atom is 0.314 e. The Balaban J connectivity index is 3.10. The van der Waals surface area contributed by atoms with Crippen molar-refractivity contribution in [2.75, 3.05) is 0 Å². The number of phenolic OH excluding ortho intramolecular Hbond substituents is 2. The number of rotatable bonds is 3. The van der Waals surface area contributed by atoms with Gasteiger partial charge in [-0.25, -0.2) is 0 Å². The number of carboxylic acid groups (broad SMARTS) is 1. The van der Waals surface area contributed by atoms with E-state index in [1.165, 1.54) is 26.0 Å². The summed E-state index contributed by atoms with van der Waals surface area (Å²) in [6.45, 7) is 0. The van der Waals surface area contributed by atoms with Crippen LogP contribution in [0.4, 0.5) is 0 Å². The summed E-state index contributed by atoms with van der Waals surface area (Å²) in [6, 6.07) is 4.15.